The predicted molar refractivity (Wildman–Crippen MR) is 83.8 cm³/mol. The van der Waals surface area contributed by atoms with Crippen LogP contribution in [0.3, 0.4) is 0 Å². The first-order chi connectivity index (χ1) is 9.63. The number of rotatable bonds is 8. The Kier molecular flexibility index (Phi) is 6.02. The van der Waals surface area contributed by atoms with Crippen molar-refractivity contribution in [2.75, 3.05) is 27.2 Å². The van der Waals surface area contributed by atoms with Crippen LogP contribution in [0.4, 0.5) is 0 Å². The topological polar surface area (TPSA) is 24.5 Å². The third kappa shape index (κ3) is 5.23. The third-order valence-electron chi connectivity index (χ3n) is 3.91. The van der Waals surface area contributed by atoms with Gasteiger partial charge in [-0.1, -0.05) is 30.3 Å². The SMILES string of the molecule is CC(CN(C)C)NCC1CC(OCc2ccccc2)C1. The molecule has 1 atom stereocenters. The molecule has 1 aromatic carbocycles. The van der Waals surface area contributed by atoms with Gasteiger partial charge in [0.15, 0.2) is 0 Å². The van der Waals surface area contributed by atoms with Gasteiger partial charge in [0.1, 0.15) is 0 Å². The van der Waals surface area contributed by atoms with Gasteiger partial charge in [-0.3, -0.25) is 0 Å². The number of benzene rings is 1. The summed E-state index contributed by atoms with van der Waals surface area (Å²) in [5.74, 6) is 0.792. The molecule has 0 radical (unpaired) electrons. The van der Waals surface area contributed by atoms with Gasteiger partial charge in [-0.2, -0.15) is 0 Å². The lowest BCUT2D eigenvalue weighted by Gasteiger charge is -2.36. The molecule has 20 heavy (non-hydrogen) atoms. The molecule has 1 N–H and O–H groups in total. The minimum absolute atomic E-state index is 0.464. The van der Waals surface area contributed by atoms with Crippen molar-refractivity contribution in [1.29, 1.82) is 0 Å². The van der Waals surface area contributed by atoms with Crippen LogP contribution in [0.15, 0.2) is 30.3 Å². The standard InChI is InChI=1S/C17H28N2O/c1-14(12-19(2)3)18-11-16-9-17(10-16)20-13-15-7-5-4-6-8-15/h4-8,14,16-18H,9-13H2,1-3H3. The molecule has 0 spiro atoms. The molecule has 0 heterocycles. The van der Waals surface area contributed by atoms with Crippen LogP contribution in [0.25, 0.3) is 0 Å². The van der Waals surface area contributed by atoms with Gasteiger partial charge in [-0.15, -0.1) is 0 Å². The van der Waals surface area contributed by atoms with Gasteiger partial charge in [0.2, 0.25) is 0 Å². The zero-order valence-corrected chi connectivity index (χ0v) is 13.0. The van der Waals surface area contributed by atoms with E-state index in [1.807, 2.05) is 6.07 Å². The van der Waals surface area contributed by atoms with E-state index >= 15 is 0 Å². The summed E-state index contributed by atoms with van der Waals surface area (Å²) < 4.78 is 5.93. The molecular weight excluding hydrogens is 248 g/mol. The zero-order valence-electron chi connectivity index (χ0n) is 13.0. The first kappa shape index (κ1) is 15.5. The van der Waals surface area contributed by atoms with Gasteiger partial charge in [-0.05, 0) is 51.9 Å². The van der Waals surface area contributed by atoms with Crippen molar-refractivity contribution in [3.05, 3.63) is 35.9 Å². The number of hydrogen-bond acceptors (Lipinski definition) is 3. The van der Waals surface area contributed by atoms with E-state index in [1.54, 1.807) is 0 Å². The van der Waals surface area contributed by atoms with E-state index in [0.717, 1.165) is 25.6 Å². The highest BCUT2D eigenvalue weighted by Gasteiger charge is 2.29. The van der Waals surface area contributed by atoms with Crippen LogP contribution < -0.4 is 5.32 Å². The second-order valence-corrected chi connectivity index (χ2v) is 6.33. The molecule has 3 heteroatoms. The summed E-state index contributed by atoms with van der Waals surface area (Å²) in [6.07, 6.45) is 2.87. The van der Waals surface area contributed by atoms with Crippen LogP contribution >= 0.6 is 0 Å². The monoisotopic (exact) mass is 276 g/mol. The maximum atomic E-state index is 5.93. The van der Waals surface area contributed by atoms with E-state index in [1.165, 1.54) is 18.4 Å². The summed E-state index contributed by atoms with van der Waals surface area (Å²) in [6, 6.07) is 11.0. The summed E-state index contributed by atoms with van der Waals surface area (Å²) in [7, 11) is 4.24. The Morgan fingerprint density at radius 3 is 2.60 bits per heavy atom. The average molecular weight is 276 g/mol. The molecule has 1 aliphatic rings. The van der Waals surface area contributed by atoms with Crippen LogP contribution in [-0.4, -0.2) is 44.2 Å². The molecule has 3 nitrogen and oxygen atoms in total. The zero-order chi connectivity index (χ0) is 14.4. The molecule has 0 bridgehead atoms. The largest absolute Gasteiger partial charge is 0.374 e. The van der Waals surface area contributed by atoms with Crippen molar-refractivity contribution in [3.63, 3.8) is 0 Å². The molecule has 1 fully saturated rings. The lowest BCUT2D eigenvalue weighted by atomic mass is 9.82. The summed E-state index contributed by atoms with van der Waals surface area (Å²) in [5.41, 5.74) is 1.27. The fourth-order valence-corrected chi connectivity index (χ4v) is 2.75. The van der Waals surface area contributed by atoms with E-state index in [4.69, 9.17) is 4.74 Å². The lowest BCUT2D eigenvalue weighted by Crippen LogP contribution is -2.43. The predicted octanol–water partition coefficient (Wildman–Crippen LogP) is 2.52. The smallest absolute Gasteiger partial charge is 0.0720 e. The van der Waals surface area contributed by atoms with Crippen LogP contribution in [0.1, 0.15) is 25.3 Å². The first-order valence-corrected chi connectivity index (χ1v) is 7.67. The first-order valence-electron chi connectivity index (χ1n) is 7.67. The number of hydrogen-bond donors (Lipinski definition) is 1. The Morgan fingerprint density at radius 1 is 1.25 bits per heavy atom. The Morgan fingerprint density at radius 2 is 1.95 bits per heavy atom. The Hall–Kier alpha value is -0.900. The number of nitrogens with one attached hydrogen (secondary N) is 1. The normalized spacial score (nSPS) is 23.6. The average Bonchev–Trinajstić information content (AvgIpc) is 2.36. The lowest BCUT2D eigenvalue weighted by molar-refractivity contribution is -0.0400. The fraction of sp³-hybridized carbons (Fsp3) is 0.647. The van der Waals surface area contributed by atoms with E-state index in [2.05, 4.69) is 55.5 Å². The molecule has 1 aliphatic carbocycles. The Balaban J connectivity index is 1.54. The van der Waals surface area contributed by atoms with Gasteiger partial charge in [0.25, 0.3) is 0 Å². The van der Waals surface area contributed by atoms with E-state index in [-0.39, 0.29) is 0 Å². The molecular formula is C17H28N2O. The van der Waals surface area contributed by atoms with Crippen LogP contribution in [-0.2, 0) is 11.3 Å². The van der Waals surface area contributed by atoms with E-state index in [9.17, 15) is 0 Å². The molecule has 2 rings (SSSR count). The van der Waals surface area contributed by atoms with Crippen LogP contribution in [0, 0.1) is 5.92 Å². The second-order valence-electron chi connectivity index (χ2n) is 6.33. The van der Waals surface area contributed by atoms with Crippen molar-refractivity contribution >= 4 is 0 Å². The van der Waals surface area contributed by atoms with E-state index in [0.29, 0.717) is 12.1 Å². The minimum atomic E-state index is 0.464. The highest BCUT2D eigenvalue weighted by Crippen LogP contribution is 2.30. The molecule has 112 valence electrons. The minimum Gasteiger partial charge on any atom is -0.374 e. The highest BCUT2D eigenvalue weighted by molar-refractivity contribution is 5.13. The highest BCUT2D eigenvalue weighted by atomic mass is 16.5. The number of ether oxygens (including phenoxy) is 1. The van der Waals surface area contributed by atoms with Crippen molar-refractivity contribution < 1.29 is 4.74 Å². The summed E-state index contributed by atoms with van der Waals surface area (Å²) in [5, 5.41) is 3.61. The van der Waals surface area contributed by atoms with Gasteiger partial charge in [-0.25, -0.2) is 0 Å². The molecule has 0 aliphatic heterocycles. The van der Waals surface area contributed by atoms with Gasteiger partial charge >= 0.3 is 0 Å². The Bertz CT molecular complexity index is 374. The number of likely N-dealkylation sites (N-methyl/N-ethyl adjacent to an activating group) is 1. The number of nitrogens with zero attached hydrogens (tertiary/aromatic N) is 1. The molecule has 0 aromatic heterocycles. The quantitative estimate of drug-likeness (QED) is 0.789. The van der Waals surface area contributed by atoms with Gasteiger partial charge in [0.05, 0.1) is 12.7 Å². The second kappa shape index (κ2) is 7.77. The van der Waals surface area contributed by atoms with Crippen LogP contribution in [0.2, 0.25) is 0 Å². The maximum Gasteiger partial charge on any atom is 0.0720 e. The van der Waals surface area contributed by atoms with Crippen molar-refractivity contribution in [2.45, 2.75) is 38.5 Å². The summed E-state index contributed by atoms with van der Waals surface area (Å²) in [6.45, 7) is 5.23. The van der Waals surface area contributed by atoms with Crippen molar-refractivity contribution in [1.82, 2.24) is 10.2 Å². The van der Waals surface area contributed by atoms with Gasteiger partial charge < -0.3 is 15.0 Å². The maximum absolute atomic E-state index is 5.93. The van der Waals surface area contributed by atoms with E-state index < -0.39 is 0 Å². The van der Waals surface area contributed by atoms with Crippen molar-refractivity contribution in [3.8, 4) is 0 Å². The molecule has 1 aromatic rings. The van der Waals surface area contributed by atoms with Crippen LogP contribution in [0.5, 0.6) is 0 Å². The molecule has 0 amide bonds. The van der Waals surface area contributed by atoms with Crippen molar-refractivity contribution in [2.24, 2.45) is 5.92 Å². The van der Waals surface area contributed by atoms with Gasteiger partial charge in [0, 0.05) is 12.6 Å². The third-order valence-corrected chi connectivity index (χ3v) is 3.91. The fourth-order valence-electron chi connectivity index (χ4n) is 2.75. The molecule has 1 unspecified atom stereocenters. The Labute approximate surface area is 123 Å². The molecule has 0 saturated heterocycles. The molecule has 1 saturated carbocycles. The summed E-state index contributed by atoms with van der Waals surface area (Å²) in [4.78, 5) is 2.23. The summed E-state index contributed by atoms with van der Waals surface area (Å²) >= 11 is 0.